The van der Waals surface area contributed by atoms with Gasteiger partial charge in [-0.25, -0.2) is 8.42 Å². The zero-order valence-corrected chi connectivity index (χ0v) is 16.8. The highest BCUT2D eigenvalue weighted by Gasteiger charge is 2.29. The zero-order valence-electron chi connectivity index (χ0n) is 15.2. The molecule has 0 spiro atoms. The summed E-state index contributed by atoms with van der Waals surface area (Å²) in [7, 11) is -3.47. The fourth-order valence-electron chi connectivity index (χ4n) is 3.01. The van der Waals surface area contributed by atoms with Crippen LogP contribution in [0.25, 0.3) is 0 Å². The van der Waals surface area contributed by atoms with Gasteiger partial charge in [-0.15, -0.1) is 11.8 Å². The van der Waals surface area contributed by atoms with Crippen LogP contribution in [0.3, 0.4) is 0 Å². The number of hydrogen-bond acceptors (Lipinski definition) is 4. The van der Waals surface area contributed by atoms with Gasteiger partial charge in [0.1, 0.15) is 0 Å². The molecule has 2 aromatic carbocycles. The first-order valence-electron chi connectivity index (χ1n) is 9.08. The van der Waals surface area contributed by atoms with Crippen molar-refractivity contribution in [1.82, 2.24) is 9.21 Å². The second-order valence-corrected chi connectivity index (χ2v) is 9.47. The molecule has 1 saturated heterocycles. The molecule has 0 saturated carbocycles. The summed E-state index contributed by atoms with van der Waals surface area (Å²) in [4.78, 5) is 15.7. The van der Waals surface area contributed by atoms with Crippen molar-refractivity contribution in [2.45, 2.75) is 22.6 Å². The predicted molar refractivity (Wildman–Crippen MR) is 108 cm³/mol. The lowest BCUT2D eigenvalue weighted by Gasteiger charge is -2.34. The lowest BCUT2D eigenvalue weighted by atomic mass is 10.2. The van der Waals surface area contributed by atoms with Crippen molar-refractivity contribution in [1.29, 1.82) is 0 Å². The van der Waals surface area contributed by atoms with Gasteiger partial charge in [0.2, 0.25) is 15.9 Å². The Labute approximate surface area is 165 Å². The van der Waals surface area contributed by atoms with Gasteiger partial charge < -0.3 is 4.90 Å². The van der Waals surface area contributed by atoms with Crippen LogP contribution in [0.2, 0.25) is 0 Å². The highest BCUT2D eigenvalue weighted by molar-refractivity contribution is 7.99. The molecule has 0 radical (unpaired) electrons. The first-order chi connectivity index (χ1) is 13.1. The van der Waals surface area contributed by atoms with Crippen LogP contribution < -0.4 is 0 Å². The minimum atomic E-state index is -3.47. The van der Waals surface area contributed by atoms with E-state index >= 15 is 0 Å². The molecular formula is C20H24N2O3S2. The molecule has 1 aliphatic rings. The summed E-state index contributed by atoms with van der Waals surface area (Å²) >= 11 is 1.75. The first kappa shape index (κ1) is 19.9. The predicted octanol–water partition coefficient (Wildman–Crippen LogP) is 3.09. The Balaban J connectivity index is 1.43. The highest BCUT2D eigenvalue weighted by atomic mass is 32.2. The average molecular weight is 405 g/mol. The van der Waals surface area contributed by atoms with Crippen LogP contribution in [0.4, 0.5) is 0 Å². The van der Waals surface area contributed by atoms with Gasteiger partial charge in [0.25, 0.3) is 0 Å². The Morgan fingerprint density at radius 1 is 0.889 bits per heavy atom. The van der Waals surface area contributed by atoms with Gasteiger partial charge >= 0.3 is 0 Å². The molecule has 5 nitrogen and oxygen atoms in total. The second-order valence-electron chi connectivity index (χ2n) is 6.36. The van der Waals surface area contributed by atoms with Crippen molar-refractivity contribution in [3.05, 3.63) is 60.7 Å². The number of piperazine rings is 1. The summed E-state index contributed by atoms with van der Waals surface area (Å²) in [5.74, 6) is 1.01. The van der Waals surface area contributed by atoms with Gasteiger partial charge in [0.05, 0.1) is 4.90 Å². The average Bonchev–Trinajstić information content (AvgIpc) is 2.72. The van der Waals surface area contributed by atoms with Gasteiger partial charge in [-0.3, -0.25) is 4.79 Å². The quantitative estimate of drug-likeness (QED) is 0.526. The van der Waals surface area contributed by atoms with E-state index in [0.717, 1.165) is 12.2 Å². The molecule has 1 aliphatic heterocycles. The van der Waals surface area contributed by atoms with Crippen molar-refractivity contribution in [2.75, 3.05) is 31.9 Å². The van der Waals surface area contributed by atoms with Crippen molar-refractivity contribution in [3.8, 4) is 0 Å². The minimum Gasteiger partial charge on any atom is -0.340 e. The number of amides is 1. The number of thioether (sulfide) groups is 1. The lowest BCUT2D eigenvalue weighted by Crippen LogP contribution is -2.50. The molecule has 0 N–H and O–H groups in total. The smallest absolute Gasteiger partial charge is 0.243 e. The molecule has 0 aliphatic carbocycles. The summed E-state index contributed by atoms with van der Waals surface area (Å²) in [6.45, 7) is 1.61. The van der Waals surface area contributed by atoms with Crippen LogP contribution >= 0.6 is 11.8 Å². The Kier molecular flexibility index (Phi) is 6.93. The number of hydrogen-bond donors (Lipinski definition) is 0. The normalized spacial score (nSPS) is 15.6. The zero-order chi connectivity index (χ0) is 19.1. The monoisotopic (exact) mass is 404 g/mol. The Bertz CT molecular complexity index is 834. The third-order valence-corrected chi connectivity index (χ3v) is 7.53. The fraction of sp³-hybridized carbons (Fsp3) is 0.350. The van der Waals surface area contributed by atoms with Crippen molar-refractivity contribution >= 4 is 27.7 Å². The van der Waals surface area contributed by atoms with E-state index in [1.54, 1.807) is 47.0 Å². The molecule has 0 atom stereocenters. The number of sulfonamides is 1. The maximum absolute atomic E-state index is 12.6. The van der Waals surface area contributed by atoms with E-state index in [9.17, 15) is 13.2 Å². The minimum absolute atomic E-state index is 0.112. The summed E-state index contributed by atoms with van der Waals surface area (Å²) in [5.41, 5.74) is 0. The van der Waals surface area contributed by atoms with Gasteiger partial charge in [0, 0.05) is 37.5 Å². The van der Waals surface area contributed by atoms with Crippen LogP contribution in [0, 0.1) is 0 Å². The van der Waals surface area contributed by atoms with Crippen molar-refractivity contribution in [2.24, 2.45) is 0 Å². The first-order valence-corrected chi connectivity index (χ1v) is 11.5. The molecule has 1 heterocycles. The van der Waals surface area contributed by atoms with Gasteiger partial charge in [-0.2, -0.15) is 4.31 Å². The van der Waals surface area contributed by atoms with E-state index in [-0.39, 0.29) is 5.91 Å². The van der Waals surface area contributed by atoms with Gasteiger partial charge in [0.15, 0.2) is 0 Å². The van der Waals surface area contributed by atoms with Crippen LogP contribution in [0.5, 0.6) is 0 Å². The Hall–Kier alpha value is -1.83. The highest BCUT2D eigenvalue weighted by Crippen LogP contribution is 2.20. The lowest BCUT2D eigenvalue weighted by molar-refractivity contribution is -0.132. The van der Waals surface area contributed by atoms with E-state index in [2.05, 4.69) is 12.1 Å². The summed E-state index contributed by atoms with van der Waals surface area (Å²) in [6.07, 6.45) is 1.33. The third-order valence-electron chi connectivity index (χ3n) is 4.52. The molecule has 2 aromatic rings. The van der Waals surface area contributed by atoms with E-state index in [1.807, 2.05) is 18.2 Å². The van der Waals surface area contributed by atoms with Crippen LogP contribution in [0.15, 0.2) is 70.5 Å². The summed E-state index contributed by atoms with van der Waals surface area (Å²) in [6, 6.07) is 18.6. The number of benzene rings is 2. The van der Waals surface area contributed by atoms with Crippen molar-refractivity contribution < 1.29 is 13.2 Å². The largest absolute Gasteiger partial charge is 0.340 e. The standard InChI is InChI=1S/C20H24N2O3S2/c23-20(12-7-17-26-18-8-3-1-4-9-18)21-13-15-22(16-14-21)27(24,25)19-10-5-2-6-11-19/h1-6,8-11H,7,12-17H2. The Morgan fingerprint density at radius 3 is 2.11 bits per heavy atom. The van der Waals surface area contributed by atoms with E-state index < -0.39 is 10.0 Å². The molecule has 3 rings (SSSR count). The number of nitrogens with zero attached hydrogens (tertiary/aromatic N) is 2. The molecule has 7 heteroatoms. The molecule has 0 aromatic heterocycles. The molecule has 0 bridgehead atoms. The molecular weight excluding hydrogens is 380 g/mol. The maximum atomic E-state index is 12.6. The SMILES string of the molecule is O=C(CCCSc1ccccc1)N1CCN(S(=O)(=O)c2ccccc2)CC1. The van der Waals surface area contributed by atoms with Gasteiger partial charge in [-0.1, -0.05) is 36.4 Å². The molecule has 144 valence electrons. The molecule has 0 unspecified atom stereocenters. The number of rotatable bonds is 7. The maximum Gasteiger partial charge on any atom is 0.243 e. The number of carbonyl (C=O) groups excluding carboxylic acids is 1. The van der Waals surface area contributed by atoms with Crippen LogP contribution in [-0.2, 0) is 14.8 Å². The van der Waals surface area contributed by atoms with Crippen LogP contribution in [0.1, 0.15) is 12.8 Å². The summed E-state index contributed by atoms with van der Waals surface area (Å²) in [5, 5.41) is 0. The van der Waals surface area contributed by atoms with E-state index in [1.165, 1.54) is 9.20 Å². The topological polar surface area (TPSA) is 57.7 Å². The fourth-order valence-corrected chi connectivity index (χ4v) is 5.32. The van der Waals surface area contributed by atoms with Gasteiger partial charge in [-0.05, 0) is 36.4 Å². The molecule has 1 amide bonds. The van der Waals surface area contributed by atoms with Crippen molar-refractivity contribution in [3.63, 3.8) is 0 Å². The molecule has 27 heavy (non-hydrogen) atoms. The van der Waals surface area contributed by atoms with E-state index in [0.29, 0.717) is 37.5 Å². The molecule has 1 fully saturated rings. The summed E-state index contributed by atoms with van der Waals surface area (Å²) < 4.78 is 26.7. The van der Waals surface area contributed by atoms with E-state index in [4.69, 9.17) is 0 Å². The van der Waals surface area contributed by atoms with Crippen LogP contribution in [-0.4, -0.2) is 55.5 Å². The number of carbonyl (C=O) groups is 1. The Morgan fingerprint density at radius 2 is 1.48 bits per heavy atom. The second kappa shape index (κ2) is 9.39. The third kappa shape index (κ3) is 5.34.